The van der Waals surface area contributed by atoms with Gasteiger partial charge in [-0.25, -0.2) is 4.98 Å². The Kier molecular flexibility index (Phi) is 14.4. The number of halogens is 6. The van der Waals surface area contributed by atoms with Crippen LogP contribution in [0.1, 0.15) is 99.2 Å². The van der Waals surface area contributed by atoms with Crippen LogP contribution >= 0.6 is 0 Å². The van der Waals surface area contributed by atoms with Crippen molar-refractivity contribution in [3.63, 3.8) is 0 Å². The number of pyridine rings is 1. The second kappa shape index (κ2) is 17.8. The molecule has 1 fully saturated rings. The molecule has 4 nitrogen and oxygen atoms in total. The number of likely N-dealkylation sites (N-methyl/N-ethyl adjacent to an activating group) is 1. The molecule has 3 aromatic rings. The molecule has 2 aromatic carbocycles. The van der Waals surface area contributed by atoms with Crippen molar-refractivity contribution in [2.75, 3.05) is 25.0 Å². The zero-order chi connectivity index (χ0) is 37.2. The quantitative estimate of drug-likeness (QED) is 0.0952. The third-order valence-electron chi connectivity index (χ3n) is 9.17. The van der Waals surface area contributed by atoms with E-state index in [9.17, 15) is 31.1 Å². The van der Waals surface area contributed by atoms with Gasteiger partial charge in [0.25, 0.3) is 0 Å². The van der Waals surface area contributed by atoms with E-state index in [0.29, 0.717) is 12.0 Å². The van der Waals surface area contributed by atoms with Crippen LogP contribution < -0.4 is 4.90 Å². The standard InChI is InChI=1S/C36H39F6N3O.C4H10/c1-6-26-11-10-25(9-8-23(2)3)18-32(26)31-12-13-34(45-15-7-16-45)43-33(31)22-44(5)24(4)30(14-17-46)27-19-28(35(37,38)39)21-29(20-27)36(40,41)42;1-3-4-2/h6,10-13,17-21,24,30H,1-2,7-9,14-16,22H2,3-5H3;3-4H2,1-2H3. The summed E-state index contributed by atoms with van der Waals surface area (Å²) in [4.78, 5) is 20.7. The van der Waals surface area contributed by atoms with Crippen molar-refractivity contribution in [2.45, 2.75) is 97.1 Å². The molecule has 1 saturated heterocycles. The van der Waals surface area contributed by atoms with Crippen molar-refractivity contribution in [1.82, 2.24) is 9.88 Å². The Hall–Kier alpha value is -3.92. The molecule has 0 saturated carbocycles. The van der Waals surface area contributed by atoms with Crippen LogP contribution in [0, 0.1) is 0 Å². The predicted octanol–water partition coefficient (Wildman–Crippen LogP) is 11.1. The fourth-order valence-electron chi connectivity index (χ4n) is 5.70. The van der Waals surface area contributed by atoms with Crippen LogP contribution in [-0.4, -0.2) is 42.3 Å². The van der Waals surface area contributed by atoms with Gasteiger partial charge in [0.2, 0.25) is 0 Å². The number of aldehydes is 1. The Morgan fingerprint density at radius 1 is 0.960 bits per heavy atom. The molecule has 0 aliphatic carbocycles. The molecule has 272 valence electrons. The summed E-state index contributed by atoms with van der Waals surface area (Å²) in [6.45, 7) is 18.0. The average Bonchev–Trinajstić information content (AvgIpc) is 3.04. The maximum absolute atomic E-state index is 13.7. The number of hydrogen-bond donors (Lipinski definition) is 0. The largest absolute Gasteiger partial charge is 0.416 e. The van der Waals surface area contributed by atoms with E-state index >= 15 is 0 Å². The molecular formula is C40H49F6N3O. The summed E-state index contributed by atoms with van der Waals surface area (Å²) in [6, 6.07) is 11.0. The third-order valence-corrected chi connectivity index (χ3v) is 9.17. The van der Waals surface area contributed by atoms with Crippen LogP contribution in [-0.2, 0) is 30.1 Å². The zero-order valence-electron chi connectivity index (χ0n) is 29.7. The molecule has 0 spiro atoms. The summed E-state index contributed by atoms with van der Waals surface area (Å²) < 4.78 is 82.1. The number of hydrogen-bond acceptors (Lipinski definition) is 4. The van der Waals surface area contributed by atoms with E-state index in [-0.39, 0.29) is 24.6 Å². The van der Waals surface area contributed by atoms with Gasteiger partial charge >= 0.3 is 12.4 Å². The predicted molar refractivity (Wildman–Crippen MR) is 191 cm³/mol. The lowest BCUT2D eigenvalue weighted by molar-refractivity contribution is -0.143. The van der Waals surface area contributed by atoms with Gasteiger partial charge in [-0.15, -0.1) is 6.58 Å². The first kappa shape index (κ1) is 40.5. The summed E-state index contributed by atoms with van der Waals surface area (Å²) in [5.74, 6) is -0.149. The maximum Gasteiger partial charge on any atom is 0.416 e. The van der Waals surface area contributed by atoms with Crippen LogP contribution in [0.2, 0.25) is 0 Å². The fourth-order valence-corrected chi connectivity index (χ4v) is 5.70. The van der Waals surface area contributed by atoms with Gasteiger partial charge in [0.05, 0.1) is 16.8 Å². The van der Waals surface area contributed by atoms with Gasteiger partial charge in [-0.3, -0.25) is 4.90 Å². The smallest absolute Gasteiger partial charge is 0.356 e. The minimum absolute atomic E-state index is 0.106. The Labute approximate surface area is 292 Å². The molecule has 50 heavy (non-hydrogen) atoms. The number of benzene rings is 2. The van der Waals surface area contributed by atoms with E-state index in [4.69, 9.17) is 4.98 Å². The number of aromatic nitrogens is 1. The highest BCUT2D eigenvalue weighted by Gasteiger charge is 2.38. The SMILES string of the molecule is C=Cc1ccc(CCC(=C)C)cc1-c1ccc(N2CCC2)nc1CN(C)C(C)C(CC=O)c1cc(C(F)(F)F)cc(C(F)(F)F)c1.CCCC. The molecular weight excluding hydrogens is 652 g/mol. The molecule has 1 aliphatic rings. The van der Waals surface area contributed by atoms with Gasteiger partial charge in [-0.1, -0.05) is 63.1 Å². The Morgan fingerprint density at radius 2 is 1.58 bits per heavy atom. The van der Waals surface area contributed by atoms with E-state index in [0.717, 1.165) is 78.1 Å². The van der Waals surface area contributed by atoms with Crippen LogP contribution in [0.4, 0.5) is 32.2 Å². The van der Waals surface area contributed by atoms with Crippen LogP contribution in [0.25, 0.3) is 17.2 Å². The van der Waals surface area contributed by atoms with Crippen molar-refractivity contribution in [1.29, 1.82) is 0 Å². The second-order valence-corrected chi connectivity index (χ2v) is 13.1. The van der Waals surface area contributed by atoms with Gasteiger partial charge in [-0.2, -0.15) is 26.3 Å². The maximum atomic E-state index is 13.7. The molecule has 0 radical (unpaired) electrons. The molecule has 2 heterocycles. The Morgan fingerprint density at radius 3 is 2.06 bits per heavy atom. The molecule has 0 amide bonds. The Balaban J connectivity index is 0.00000160. The third kappa shape index (κ3) is 10.8. The molecule has 4 rings (SSSR count). The lowest BCUT2D eigenvalue weighted by Gasteiger charge is -2.34. The molecule has 0 bridgehead atoms. The van der Waals surface area contributed by atoms with E-state index in [1.165, 1.54) is 12.8 Å². The first-order chi connectivity index (χ1) is 23.5. The van der Waals surface area contributed by atoms with Gasteiger partial charge in [0.1, 0.15) is 12.1 Å². The zero-order valence-corrected chi connectivity index (χ0v) is 29.7. The second-order valence-electron chi connectivity index (χ2n) is 13.1. The number of rotatable bonds is 14. The topological polar surface area (TPSA) is 36.4 Å². The number of anilines is 1. The molecule has 1 aromatic heterocycles. The number of alkyl halides is 6. The molecule has 10 heteroatoms. The lowest BCUT2D eigenvalue weighted by Crippen LogP contribution is -2.38. The van der Waals surface area contributed by atoms with Gasteiger partial charge in [0, 0.05) is 43.6 Å². The van der Waals surface area contributed by atoms with E-state index < -0.39 is 35.4 Å². The Bertz CT molecular complexity index is 1580. The normalized spacial score (nSPS) is 14.4. The fraction of sp³-hybridized carbons (Fsp3) is 0.450. The van der Waals surface area contributed by atoms with Crippen molar-refractivity contribution in [3.05, 3.63) is 101 Å². The van der Waals surface area contributed by atoms with Crippen LogP contribution in [0.3, 0.4) is 0 Å². The van der Waals surface area contributed by atoms with E-state index in [1.807, 2.05) is 36.1 Å². The van der Waals surface area contributed by atoms with Gasteiger partial charge in [0.15, 0.2) is 0 Å². The highest BCUT2D eigenvalue weighted by atomic mass is 19.4. The number of unbranched alkanes of at least 4 members (excludes halogenated alkanes) is 1. The molecule has 2 unspecified atom stereocenters. The van der Waals surface area contributed by atoms with E-state index in [2.05, 4.69) is 38.0 Å². The number of allylic oxidation sites excluding steroid dienone is 1. The summed E-state index contributed by atoms with van der Waals surface area (Å²) >= 11 is 0. The van der Waals surface area contributed by atoms with Crippen LogP contribution in [0.5, 0.6) is 0 Å². The molecule has 2 atom stereocenters. The van der Waals surface area contributed by atoms with Crippen LogP contribution in [0.15, 0.2) is 67.3 Å². The summed E-state index contributed by atoms with van der Waals surface area (Å²) in [5, 5.41) is 0. The monoisotopic (exact) mass is 701 g/mol. The van der Waals surface area contributed by atoms with Gasteiger partial charge in [-0.05, 0) is 92.7 Å². The first-order valence-corrected chi connectivity index (χ1v) is 17.1. The first-order valence-electron chi connectivity index (χ1n) is 17.1. The summed E-state index contributed by atoms with van der Waals surface area (Å²) in [6.07, 6.45) is -2.63. The summed E-state index contributed by atoms with van der Waals surface area (Å²) in [5.41, 5.74) is 2.54. The van der Waals surface area contributed by atoms with Crippen molar-refractivity contribution < 1.29 is 31.1 Å². The molecule has 1 aliphatic heterocycles. The minimum atomic E-state index is -4.99. The lowest BCUT2D eigenvalue weighted by atomic mass is 9.86. The minimum Gasteiger partial charge on any atom is -0.356 e. The highest BCUT2D eigenvalue weighted by Crippen LogP contribution is 2.40. The van der Waals surface area contributed by atoms with E-state index in [1.54, 1.807) is 20.0 Å². The number of carbonyl (C=O) groups is 1. The summed E-state index contributed by atoms with van der Waals surface area (Å²) in [7, 11) is 1.74. The van der Waals surface area contributed by atoms with Gasteiger partial charge < -0.3 is 9.69 Å². The number of aryl methyl sites for hydroxylation is 1. The van der Waals surface area contributed by atoms with Crippen molar-refractivity contribution in [3.8, 4) is 11.1 Å². The number of nitrogens with zero attached hydrogens (tertiary/aromatic N) is 3. The molecule has 0 N–H and O–H groups in total. The average molecular weight is 702 g/mol. The van der Waals surface area contributed by atoms with Crippen molar-refractivity contribution in [2.24, 2.45) is 0 Å². The van der Waals surface area contributed by atoms with Crippen molar-refractivity contribution >= 4 is 18.2 Å². The highest BCUT2D eigenvalue weighted by molar-refractivity contribution is 5.77. The number of carbonyl (C=O) groups excluding carboxylic acids is 1.